The molecule has 0 saturated carbocycles. The van der Waals surface area contributed by atoms with Gasteiger partial charge in [0.25, 0.3) is 0 Å². The fourth-order valence-corrected chi connectivity index (χ4v) is 3.93. The molecule has 3 rings (SSSR count). The van der Waals surface area contributed by atoms with Gasteiger partial charge in [-0.05, 0) is 37.9 Å². The largest absolute Gasteiger partial charge is 0.316 e. The number of rotatable bonds is 4. The third-order valence-corrected chi connectivity index (χ3v) is 5.54. The van der Waals surface area contributed by atoms with E-state index in [-0.39, 0.29) is 11.8 Å². The lowest BCUT2D eigenvalue weighted by molar-refractivity contribution is -0.120. The SMILES string of the molecule is Cc1nc(NC(=O)C2CCCNC2)sc1Cc1ccccc1Cl. The standard InChI is InChI=1S/C17H20ClN3OS/c1-11-15(9-12-5-2-3-7-14(12)18)23-17(20-11)21-16(22)13-6-4-8-19-10-13/h2-3,5,7,13,19H,4,6,8-10H2,1H3,(H,20,21,22). The summed E-state index contributed by atoms with van der Waals surface area (Å²) >= 11 is 7.76. The van der Waals surface area contributed by atoms with E-state index in [9.17, 15) is 4.79 Å². The van der Waals surface area contributed by atoms with E-state index in [1.165, 1.54) is 11.3 Å². The van der Waals surface area contributed by atoms with Crippen LogP contribution in [0.2, 0.25) is 5.02 Å². The summed E-state index contributed by atoms with van der Waals surface area (Å²) in [5, 5.41) is 7.68. The fourth-order valence-electron chi connectivity index (χ4n) is 2.74. The summed E-state index contributed by atoms with van der Waals surface area (Å²) < 4.78 is 0. The Morgan fingerprint density at radius 3 is 3.04 bits per heavy atom. The fraction of sp³-hybridized carbons (Fsp3) is 0.412. The number of carbonyl (C=O) groups excluding carboxylic acids is 1. The van der Waals surface area contributed by atoms with Gasteiger partial charge < -0.3 is 10.6 Å². The van der Waals surface area contributed by atoms with E-state index in [0.29, 0.717) is 5.13 Å². The van der Waals surface area contributed by atoms with Gasteiger partial charge in [0.15, 0.2) is 5.13 Å². The van der Waals surface area contributed by atoms with Crippen molar-refractivity contribution in [1.82, 2.24) is 10.3 Å². The maximum atomic E-state index is 12.3. The normalized spacial score (nSPS) is 17.9. The number of piperidine rings is 1. The second-order valence-corrected chi connectivity index (χ2v) is 7.32. The molecule has 0 radical (unpaired) electrons. The van der Waals surface area contributed by atoms with Gasteiger partial charge in [-0.1, -0.05) is 29.8 Å². The lowest BCUT2D eigenvalue weighted by atomic mass is 9.99. The zero-order valence-electron chi connectivity index (χ0n) is 13.1. The summed E-state index contributed by atoms with van der Waals surface area (Å²) in [6.07, 6.45) is 2.73. The van der Waals surface area contributed by atoms with Gasteiger partial charge >= 0.3 is 0 Å². The minimum absolute atomic E-state index is 0.0416. The van der Waals surface area contributed by atoms with Crippen LogP contribution in [0.25, 0.3) is 0 Å². The topological polar surface area (TPSA) is 54.0 Å². The summed E-state index contributed by atoms with van der Waals surface area (Å²) in [5.41, 5.74) is 2.03. The number of anilines is 1. The second-order valence-electron chi connectivity index (χ2n) is 5.83. The van der Waals surface area contributed by atoms with Crippen LogP contribution in [0.1, 0.15) is 29.0 Å². The Hall–Kier alpha value is -1.43. The monoisotopic (exact) mass is 349 g/mol. The number of halogens is 1. The molecule has 0 spiro atoms. The Morgan fingerprint density at radius 1 is 1.48 bits per heavy atom. The Balaban J connectivity index is 1.68. The number of hydrogen-bond acceptors (Lipinski definition) is 4. The Kier molecular flexibility index (Phi) is 5.30. The summed E-state index contributed by atoms with van der Waals surface area (Å²) in [4.78, 5) is 17.9. The molecule has 23 heavy (non-hydrogen) atoms. The van der Waals surface area contributed by atoms with E-state index < -0.39 is 0 Å². The van der Waals surface area contributed by atoms with E-state index in [0.717, 1.165) is 53.5 Å². The zero-order valence-corrected chi connectivity index (χ0v) is 14.6. The van der Waals surface area contributed by atoms with Crippen molar-refractivity contribution in [1.29, 1.82) is 0 Å². The Morgan fingerprint density at radius 2 is 2.30 bits per heavy atom. The Bertz CT molecular complexity index is 695. The number of aromatic nitrogens is 1. The predicted octanol–water partition coefficient (Wildman–Crippen LogP) is 3.63. The maximum absolute atomic E-state index is 12.3. The Labute approximate surface area is 145 Å². The first-order chi connectivity index (χ1) is 11.1. The van der Waals surface area contributed by atoms with Gasteiger partial charge in [0.2, 0.25) is 5.91 Å². The van der Waals surface area contributed by atoms with Crippen LogP contribution in [0, 0.1) is 12.8 Å². The number of amides is 1. The third-order valence-electron chi connectivity index (χ3n) is 4.10. The summed E-state index contributed by atoms with van der Waals surface area (Å²) in [6.45, 7) is 3.73. The molecule has 122 valence electrons. The number of carbonyl (C=O) groups is 1. The van der Waals surface area contributed by atoms with Gasteiger partial charge in [0.1, 0.15) is 0 Å². The van der Waals surface area contributed by atoms with Crippen molar-refractivity contribution in [3.8, 4) is 0 Å². The van der Waals surface area contributed by atoms with Gasteiger partial charge in [-0.3, -0.25) is 4.79 Å². The van der Waals surface area contributed by atoms with E-state index in [1.54, 1.807) is 0 Å². The van der Waals surface area contributed by atoms with Crippen molar-refractivity contribution in [3.63, 3.8) is 0 Å². The third kappa shape index (κ3) is 4.10. The molecular weight excluding hydrogens is 330 g/mol. The molecule has 0 bridgehead atoms. The molecule has 2 aromatic rings. The van der Waals surface area contributed by atoms with Gasteiger partial charge in [-0.15, -0.1) is 11.3 Å². The van der Waals surface area contributed by atoms with Crippen LogP contribution < -0.4 is 10.6 Å². The number of benzene rings is 1. The summed E-state index contributed by atoms with van der Waals surface area (Å²) in [7, 11) is 0. The van der Waals surface area contributed by atoms with Crippen LogP contribution in [0.3, 0.4) is 0 Å². The number of aryl methyl sites for hydroxylation is 1. The van der Waals surface area contributed by atoms with E-state index in [1.807, 2.05) is 31.2 Å². The minimum Gasteiger partial charge on any atom is -0.316 e. The van der Waals surface area contributed by atoms with Crippen molar-refractivity contribution in [2.75, 3.05) is 18.4 Å². The first kappa shape index (κ1) is 16.4. The second kappa shape index (κ2) is 7.43. The van der Waals surface area contributed by atoms with Crippen molar-refractivity contribution >= 4 is 34.0 Å². The molecule has 2 N–H and O–H groups in total. The highest BCUT2D eigenvalue weighted by Crippen LogP contribution is 2.28. The number of nitrogens with one attached hydrogen (secondary N) is 2. The summed E-state index contributed by atoms with van der Waals surface area (Å²) in [6, 6.07) is 7.82. The lowest BCUT2D eigenvalue weighted by Crippen LogP contribution is -2.37. The van der Waals surface area contributed by atoms with E-state index >= 15 is 0 Å². The molecule has 1 unspecified atom stereocenters. The van der Waals surface area contributed by atoms with Crippen LogP contribution in [0.4, 0.5) is 5.13 Å². The van der Waals surface area contributed by atoms with Gasteiger partial charge in [0, 0.05) is 22.9 Å². The molecule has 1 saturated heterocycles. The molecular formula is C17H20ClN3OS. The van der Waals surface area contributed by atoms with E-state index in [4.69, 9.17) is 11.6 Å². The highest BCUT2D eigenvalue weighted by molar-refractivity contribution is 7.15. The average molecular weight is 350 g/mol. The molecule has 4 nitrogen and oxygen atoms in total. The first-order valence-corrected chi connectivity index (χ1v) is 9.04. The molecule has 1 aromatic carbocycles. The molecule has 6 heteroatoms. The molecule has 1 atom stereocenters. The number of hydrogen-bond donors (Lipinski definition) is 2. The summed E-state index contributed by atoms with van der Waals surface area (Å²) in [5.74, 6) is 0.107. The van der Waals surface area contributed by atoms with Crippen LogP contribution in [0.15, 0.2) is 24.3 Å². The maximum Gasteiger partial charge on any atom is 0.230 e. The van der Waals surface area contributed by atoms with Crippen molar-refractivity contribution in [2.45, 2.75) is 26.2 Å². The van der Waals surface area contributed by atoms with Crippen LogP contribution in [-0.4, -0.2) is 24.0 Å². The van der Waals surface area contributed by atoms with Crippen LogP contribution >= 0.6 is 22.9 Å². The van der Waals surface area contributed by atoms with Crippen molar-refractivity contribution in [3.05, 3.63) is 45.4 Å². The molecule has 1 aliphatic heterocycles. The van der Waals surface area contributed by atoms with E-state index in [2.05, 4.69) is 15.6 Å². The molecule has 1 aliphatic rings. The molecule has 1 fully saturated rings. The number of nitrogens with zero attached hydrogens (tertiary/aromatic N) is 1. The van der Waals surface area contributed by atoms with Crippen LogP contribution in [0.5, 0.6) is 0 Å². The number of thiazole rings is 1. The predicted molar refractivity (Wildman–Crippen MR) is 95.3 cm³/mol. The van der Waals surface area contributed by atoms with Gasteiger partial charge in [-0.25, -0.2) is 4.98 Å². The highest BCUT2D eigenvalue weighted by Gasteiger charge is 2.22. The zero-order chi connectivity index (χ0) is 16.2. The minimum atomic E-state index is 0.0416. The van der Waals surface area contributed by atoms with Crippen LogP contribution in [-0.2, 0) is 11.2 Å². The highest BCUT2D eigenvalue weighted by atomic mass is 35.5. The first-order valence-electron chi connectivity index (χ1n) is 7.85. The molecule has 1 amide bonds. The van der Waals surface area contributed by atoms with Gasteiger partial charge in [-0.2, -0.15) is 0 Å². The molecule has 2 heterocycles. The molecule has 1 aromatic heterocycles. The van der Waals surface area contributed by atoms with Crippen molar-refractivity contribution < 1.29 is 4.79 Å². The average Bonchev–Trinajstić information content (AvgIpc) is 2.90. The smallest absolute Gasteiger partial charge is 0.230 e. The van der Waals surface area contributed by atoms with Crippen molar-refractivity contribution in [2.24, 2.45) is 5.92 Å². The van der Waals surface area contributed by atoms with Gasteiger partial charge in [0.05, 0.1) is 11.6 Å². The molecule has 0 aliphatic carbocycles. The lowest BCUT2D eigenvalue weighted by Gasteiger charge is -2.21. The quantitative estimate of drug-likeness (QED) is 0.886.